The summed E-state index contributed by atoms with van der Waals surface area (Å²) in [4.78, 5) is 16.3. The summed E-state index contributed by atoms with van der Waals surface area (Å²) in [7, 11) is 0. The molecule has 0 saturated carbocycles. The molecule has 0 aromatic carbocycles. The second-order valence-electron chi connectivity index (χ2n) is 3.79. The number of aryl methyl sites for hydroxylation is 1. The van der Waals surface area contributed by atoms with Gasteiger partial charge < -0.3 is 9.84 Å². The molecule has 0 fully saturated rings. The fraction of sp³-hybridized carbons (Fsp3) is 0.231. The predicted octanol–water partition coefficient (Wildman–Crippen LogP) is 2.77. The van der Waals surface area contributed by atoms with E-state index in [4.69, 9.17) is 9.84 Å². The van der Waals surface area contributed by atoms with Gasteiger partial charge in [-0.05, 0) is 30.5 Å². The van der Waals surface area contributed by atoms with Crippen molar-refractivity contribution in [3.05, 3.63) is 45.8 Å². The number of thiophene rings is 1. The molecule has 5 heteroatoms. The minimum absolute atomic E-state index is 0.103. The summed E-state index contributed by atoms with van der Waals surface area (Å²) in [5.41, 5.74) is 0.845. The van der Waals surface area contributed by atoms with Crippen LogP contribution in [0.1, 0.15) is 20.9 Å². The van der Waals surface area contributed by atoms with Crippen molar-refractivity contribution in [1.29, 1.82) is 0 Å². The molecule has 1 N–H and O–H groups in total. The Balaban J connectivity index is 2.03. The quantitative estimate of drug-likeness (QED) is 0.901. The molecule has 2 aromatic rings. The van der Waals surface area contributed by atoms with E-state index in [1.807, 2.05) is 17.5 Å². The van der Waals surface area contributed by atoms with Crippen molar-refractivity contribution in [1.82, 2.24) is 4.98 Å². The molecule has 94 valence electrons. The van der Waals surface area contributed by atoms with Gasteiger partial charge in [-0.3, -0.25) is 0 Å². The van der Waals surface area contributed by atoms with Crippen LogP contribution in [0.3, 0.4) is 0 Å². The van der Waals surface area contributed by atoms with E-state index in [-0.39, 0.29) is 11.4 Å². The maximum Gasteiger partial charge on any atom is 0.341 e. The van der Waals surface area contributed by atoms with Gasteiger partial charge in [-0.1, -0.05) is 6.07 Å². The van der Waals surface area contributed by atoms with Crippen molar-refractivity contribution < 1.29 is 14.6 Å². The van der Waals surface area contributed by atoms with Gasteiger partial charge in [-0.25, -0.2) is 9.78 Å². The van der Waals surface area contributed by atoms with Crippen LogP contribution in [0.4, 0.5) is 0 Å². The number of carboxylic acids is 1. The fourth-order valence-electron chi connectivity index (χ4n) is 1.51. The minimum Gasteiger partial charge on any atom is -0.477 e. The van der Waals surface area contributed by atoms with Crippen LogP contribution in [0.2, 0.25) is 0 Å². The van der Waals surface area contributed by atoms with E-state index in [0.29, 0.717) is 6.61 Å². The van der Waals surface area contributed by atoms with Crippen LogP contribution in [0.15, 0.2) is 29.6 Å². The number of hydrogen-bond acceptors (Lipinski definition) is 4. The van der Waals surface area contributed by atoms with Crippen LogP contribution in [-0.2, 0) is 6.42 Å². The summed E-state index contributed by atoms with van der Waals surface area (Å²) in [5, 5.41) is 11.0. The van der Waals surface area contributed by atoms with Crippen LogP contribution in [-0.4, -0.2) is 22.7 Å². The molecule has 2 aromatic heterocycles. The standard InChI is InChI=1S/C13H13NO3S/c1-9-4-5-11(13(15)16)12(14-9)17-7-6-10-3-2-8-18-10/h2-5,8H,6-7H2,1H3,(H,15,16). The number of aromatic nitrogens is 1. The molecule has 0 aliphatic rings. The van der Waals surface area contributed by atoms with Crippen LogP contribution in [0, 0.1) is 6.92 Å². The van der Waals surface area contributed by atoms with E-state index in [1.165, 1.54) is 10.9 Å². The molecule has 0 spiro atoms. The topological polar surface area (TPSA) is 59.4 Å². The molecule has 2 heterocycles. The molecular formula is C13H13NO3S. The van der Waals surface area contributed by atoms with E-state index in [0.717, 1.165) is 12.1 Å². The van der Waals surface area contributed by atoms with Crippen LogP contribution in [0.5, 0.6) is 5.88 Å². The summed E-state index contributed by atoms with van der Waals surface area (Å²) in [6.07, 6.45) is 0.756. The highest BCUT2D eigenvalue weighted by molar-refractivity contribution is 7.09. The van der Waals surface area contributed by atoms with Crippen LogP contribution in [0.25, 0.3) is 0 Å². The summed E-state index contributed by atoms with van der Waals surface area (Å²) < 4.78 is 5.47. The van der Waals surface area contributed by atoms with E-state index >= 15 is 0 Å². The Morgan fingerprint density at radius 1 is 1.44 bits per heavy atom. The Labute approximate surface area is 109 Å². The Hall–Kier alpha value is -1.88. The number of nitrogens with zero attached hydrogens (tertiary/aromatic N) is 1. The third-order valence-electron chi connectivity index (χ3n) is 2.40. The second kappa shape index (κ2) is 5.64. The number of carboxylic acid groups (broad SMARTS) is 1. The first-order chi connectivity index (χ1) is 8.66. The molecule has 0 atom stereocenters. The lowest BCUT2D eigenvalue weighted by Gasteiger charge is -2.08. The van der Waals surface area contributed by atoms with Crippen molar-refractivity contribution in [3.63, 3.8) is 0 Å². The molecule has 0 radical (unpaired) electrons. The first-order valence-electron chi connectivity index (χ1n) is 5.53. The lowest BCUT2D eigenvalue weighted by Crippen LogP contribution is -2.08. The fourth-order valence-corrected chi connectivity index (χ4v) is 2.20. The van der Waals surface area contributed by atoms with E-state index in [2.05, 4.69) is 4.98 Å². The Kier molecular flexibility index (Phi) is 3.94. The zero-order chi connectivity index (χ0) is 13.0. The third kappa shape index (κ3) is 3.07. The van der Waals surface area contributed by atoms with E-state index in [9.17, 15) is 4.79 Å². The molecule has 18 heavy (non-hydrogen) atoms. The molecule has 0 bridgehead atoms. The SMILES string of the molecule is Cc1ccc(C(=O)O)c(OCCc2cccs2)n1. The first-order valence-corrected chi connectivity index (χ1v) is 6.41. The van der Waals surface area contributed by atoms with Crippen LogP contribution < -0.4 is 4.74 Å². The maximum absolute atomic E-state index is 11.0. The second-order valence-corrected chi connectivity index (χ2v) is 4.82. The number of hydrogen-bond donors (Lipinski definition) is 1. The summed E-state index contributed by atoms with van der Waals surface area (Å²) >= 11 is 1.65. The molecule has 0 aliphatic heterocycles. The van der Waals surface area contributed by atoms with Gasteiger partial charge in [0.2, 0.25) is 5.88 Å². The number of ether oxygens (including phenoxy) is 1. The Morgan fingerprint density at radius 3 is 2.94 bits per heavy atom. The van der Waals surface area contributed by atoms with E-state index < -0.39 is 5.97 Å². The Bertz CT molecular complexity index is 537. The lowest BCUT2D eigenvalue weighted by molar-refractivity contribution is 0.0691. The number of carbonyl (C=O) groups is 1. The Morgan fingerprint density at radius 2 is 2.28 bits per heavy atom. The predicted molar refractivity (Wildman–Crippen MR) is 69.5 cm³/mol. The molecule has 0 amide bonds. The largest absolute Gasteiger partial charge is 0.477 e. The number of aromatic carboxylic acids is 1. The van der Waals surface area contributed by atoms with Crippen molar-refractivity contribution >= 4 is 17.3 Å². The zero-order valence-corrected chi connectivity index (χ0v) is 10.7. The highest BCUT2D eigenvalue weighted by Crippen LogP contribution is 2.17. The lowest BCUT2D eigenvalue weighted by atomic mass is 10.2. The van der Waals surface area contributed by atoms with Crippen molar-refractivity contribution in [2.45, 2.75) is 13.3 Å². The molecule has 0 aliphatic carbocycles. The molecule has 2 rings (SSSR count). The molecular weight excluding hydrogens is 250 g/mol. The zero-order valence-electron chi connectivity index (χ0n) is 9.92. The first kappa shape index (κ1) is 12.6. The van der Waals surface area contributed by atoms with Gasteiger partial charge in [-0.15, -0.1) is 11.3 Å². The average molecular weight is 263 g/mol. The highest BCUT2D eigenvalue weighted by Gasteiger charge is 2.12. The van der Waals surface area contributed by atoms with Crippen molar-refractivity contribution in [2.24, 2.45) is 0 Å². The summed E-state index contributed by atoms with van der Waals surface area (Å²) in [6, 6.07) is 7.18. The normalized spacial score (nSPS) is 10.3. The van der Waals surface area contributed by atoms with Crippen molar-refractivity contribution in [2.75, 3.05) is 6.61 Å². The van der Waals surface area contributed by atoms with Crippen LogP contribution >= 0.6 is 11.3 Å². The van der Waals surface area contributed by atoms with Crippen molar-refractivity contribution in [3.8, 4) is 5.88 Å². The molecule has 4 nitrogen and oxygen atoms in total. The van der Waals surface area contributed by atoms with Gasteiger partial charge in [0.05, 0.1) is 6.61 Å². The van der Waals surface area contributed by atoms with Gasteiger partial charge >= 0.3 is 5.97 Å². The average Bonchev–Trinajstić information content (AvgIpc) is 2.82. The smallest absolute Gasteiger partial charge is 0.341 e. The van der Waals surface area contributed by atoms with Gasteiger partial charge in [0.1, 0.15) is 5.56 Å². The van der Waals surface area contributed by atoms with Gasteiger partial charge in [-0.2, -0.15) is 0 Å². The van der Waals surface area contributed by atoms with Gasteiger partial charge in [0, 0.05) is 17.0 Å². The molecule has 0 saturated heterocycles. The monoisotopic (exact) mass is 263 g/mol. The minimum atomic E-state index is -1.02. The number of pyridine rings is 1. The summed E-state index contributed by atoms with van der Waals surface area (Å²) in [6.45, 7) is 2.23. The summed E-state index contributed by atoms with van der Waals surface area (Å²) in [5.74, 6) is -0.826. The van der Waals surface area contributed by atoms with Gasteiger partial charge in [0.15, 0.2) is 0 Å². The maximum atomic E-state index is 11.0. The molecule has 0 unspecified atom stereocenters. The number of rotatable bonds is 5. The van der Waals surface area contributed by atoms with Gasteiger partial charge in [0.25, 0.3) is 0 Å². The highest BCUT2D eigenvalue weighted by atomic mass is 32.1. The van der Waals surface area contributed by atoms with E-state index in [1.54, 1.807) is 24.3 Å². The third-order valence-corrected chi connectivity index (χ3v) is 3.33.